The molecule has 2 heterocycles. The van der Waals surface area contributed by atoms with Crippen LogP contribution in [0, 0.1) is 0 Å². The van der Waals surface area contributed by atoms with Gasteiger partial charge in [0.15, 0.2) is 5.82 Å². The van der Waals surface area contributed by atoms with Crippen LogP contribution in [0.5, 0.6) is 0 Å². The zero-order valence-corrected chi connectivity index (χ0v) is 10.8. The summed E-state index contributed by atoms with van der Waals surface area (Å²) < 4.78 is 0. The van der Waals surface area contributed by atoms with Gasteiger partial charge in [0.25, 0.3) is 5.91 Å². The van der Waals surface area contributed by atoms with Crippen LogP contribution in [0.1, 0.15) is 16.7 Å². The number of fused-ring (bicyclic) bond motifs is 3. The summed E-state index contributed by atoms with van der Waals surface area (Å²) in [5, 5.41) is 1.19. The Balaban J connectivity index is 1.90. The molecule has 0 fully saturated rings. The van der Waals surface area contributed by atoms with Crippen molar-refractivity contribution in [2.75, 3.05) is 10.7 Å². The Labute approximate surface area is 116 Å². The lowest BCUT2D eigenvalue weighted by molar-refractivity contribution is -0.123. The smallest absolute Gasteiger partial charge is 0.253 e. The van der Waals surface area contributed by atoms with Crippen LogP contribution in [0.2, 0.25) is 0 Å². The average Bonchev–Trinajstić information content (AvgIpc) is 2.93. The van der Waals surface area contributed by atoms with E-state index in [1.54, 1.807) is 6.20 Å². The van der Waals surface area contributed by atoms with Gasteiger partial charge in [0.05, 0.1) is 5.41 Å². The minimum Gasteiger partial charge on any atom is -0.399 e. The fourth-order valence-electron chi connectivity index (χ4n) is 3.44. The van der Waals surface area contributed by atoms with Gasteiger partial charge in [-0.1, -0.05) is 12.1 Å². The van der Waals surface area contributed by atoms with E-state index in [4.69, 9.17) is 11.6 Å². The van der Waals surface area contributed by atoms with E-state index in [-0.39, 0.29) is 5.91 Å². The molecule has 0 saturated carbocycles. The van der Waals surface area contributed by atoms with E-state index < -0.39 is 5.41 Å². The van der Waals surface area contributed by atoms with Crippen molar-refractivity contribution in [3.05, 3.63) is 53.2 Å². The highest BCUT2D eigenvalue weighted by Crippen LogP contribution is 2.48. The summed E-state index contributed by atoms with van der Waals surface area (Å²) in [6.07, 6.45) is 2.96. The number of anilines is 2. The summed E-state index contributed by atoms with van der Waals surface area (Å²) in [5.41, 5.74) is 9.18. The quantitative estimate of drug-likeness (QED) is 0.422. The maximum Gasteiger partial charge on any atom is 0.253 e. The van der Waals surface area contributed by atoms with Crippen LogP contribution < -0.4 is 16.6 Å². The Morgan fingerprint density at radius 2 is 2.00 bits per heavy atom. The van der Waals surface area contributed by atoms with E-state index >= 15 is 0 Å². The second kappa shape index (κ2) is 3.58. The van der Waals surface area contributed by atoms with Gasteiger partial charge in [-0.2, -0.15) is 0 Å². The van der Waals surface area contributed by atoms with Gasteiger partial charge in [-0.05, 0) is 42.2 Å². The molecule has 1 atom stereocenters. The van der Waals surface area contributed by atoms with Crippen LogP contribution in [-0.4, -0.2) is 10.9 Å². The number of pyridine rings is 1. The maximum atomic E-state index is 12.7. The molecule has 100 valence electrons. The molecule has 5 heteroatoms. The SMILES string of the molecule is Nc1ccc2c(c1)CC1(C2)C(=O)N(N)c2ncccc21. The van der Waals surface area contributed by atoms with Crippen molar-refractivity contribution in [3.8, 4) is 0 Å². The lowest BCUT2D eigenvalue weighted by Crippen LogP contribution is -2.44. The van der Waals surface area contributed by atoms with Crippen LogP contribution in [0.3, 0.4) is 0 Å². The molecule has 1 aromatic heterocycles. The van der Waals surface area contributed by atoms with E-state index in [2.05, 4.69) is 4.98 Å². The predicted molar refractivity (Wildman–Crippen MR) is 75.9 cm³/mol. The summed E-state index contributed by atoms with van der Waals surface area (Å²) in [6, 6.07) is 9.63. The third-order valence-corrected chi connectivity index (χ3v) is 4.37. The summed E-state index contributed by atoms with van der Waals surface area (Å²) in [7, 11) is 0. The molecular weight excluding hydrogens is 252 g/mol. The molecule has 4 rings (SSSR count). The van der Waals surface area contributed by atoms with Gasteiger partial charge in [0, 0.05) is 17.4 Å². The molecule has 1 aliphatic carbocycles. The normalized spacial score (nSPS) is 23.2. The molecule has 5 nitrogen and oxygen atoms in total. The van der Waals surface area contributed by atoms with E-state index in [1.165, 1.54) is 5.01 Å². The van der Waals surface area contributed by atoms with Gasteiger partial charge in [0.2, 0.25) is 0 Å². The lowest BCUT2D eigenvalue weighted by atomic mass is 9.79. The molecule has 1 spiro atoms. The summed E-state index contributed by atoms with van der Waals surface area (Å²) in [4.78, 5) is 16.9. The van der Waals surface area contributed by atoms with E-state index in [0.717, 1.165) is 22.4 Å². The number of benzene rings is 1. The van der Waals surface area contributed by atoms with Gasteiger partial charge in [-0.3, -0.25) is 4.79 Å². The Morgan fingerprint density at radius 3 is 2.85 bits per heavy atom. The number of nitrogens with zero attached hydrogens (tertiary/aromatic N) is 2. The van der Waals surface area contributed by atoms with Crippen molar-refractivity contribution >= 4 is 17.4 Å². The van der Waals surface area contributed by atoms with Gasteiger partial charge in [-0.25, -0.2) is 15.8 Å². The molecule has 2 aromatic rings. The van der Waals surface area contributed by atoms with Gasteiger partial charge in [-0.15, -0.1) is 0 Å². The first-order valence-electron chi connectivity index (χ1n) is 6.54. The standard InChI is InChI=1S/C15H14N4O/c16-11-4-3-9-7-15(8-10(9)6-11)12-2-1-5-18-13(12)19(17)14(15)20/h1-6H,7-8,16-17H2. The van der Waals surface area contributed by atoms with E-state index in [0.29, 0.717) is 18.7 Å². The van der Waals surface area contributed by atoms with Gasteiger partial charge >= 0.3 is 0 Å². The molecule has 1 aliphatic heterocycles. The van der Waals surface area contributed by atoms with Crippen molar-refractivity contribution in [2.45, 2.75) is 18.3 Å². The number of nitrogen functional groups attached to an aromatic ring is 1. The van der Waals surface area contributed by atoms with Crippen molar-refractivity contribution < 1.29 is 4.79 Å². The van der Waals surface area contributed by atoms with Crippen LogP contribution >= 0.6 is 0 Å². The van der Waals surface area contributed by atoms with Crippen LogP contribution in [0.15, 0.2) is 36.5 Å². The molecule has 1 aromatic carbocycles. The molecular formula is C15H14N4O. The summed E-state index contributed by atoms with van der Waals surface area (Å²) >= 11 is 0. The van der Waals surface area contributed by atoms with Gasteiger partial charge in [0.1, 0.15) is 0 Å². The molecule has 1 unspecified atom stereocenters. The molecule has 4 N–H and O–H groups in total. The molecule has 2 aliphatic rings. The van der Waals surface area contributed by atoms with Crippen LogP contribution in [0.4, 0.5) is 11.5 Å². The molecule has 20 heavy (non-hydrogen) atoms. The zero-order valence-electron chi connectivity index (χ0n) is 10.8. The molecule has 0 bridgehead atoms. The number of hydrogen-bond donors (Lipinski definition) is 2. The number of carbonyl (C=O) groups is 1. The Bertz CT molecular complexity index is 742. The maximum absolute atomic E-state index is 12.7. The second-order valence-electron chi connectivity index (χ2n) is 5.51. The molecule has 0 radical (unpaired) electrons. The van der Waals surface area contributed by atoms with Crippen LogP contribution in [0.25, 0.3) is 0 Å². The topological polar surface area (TPSA) is 85.2 Å². The number of aromatic nitrogens is 1. The summed E-state index contributed by atoms with van der Waals surface area (Å²) in [6.45, 7) is 0. The van der Waals surface area contributed by atoms with Crippen molar-refractivity contribution in [1.29, 1.82) is 0 Å². The first kappa shape index (κ1) is 11.4. The van der Waals surface area contributed by atoms with E-state index in [9.17, 15) is 4.79 Å². The van der Waals surface area contributed by atoms with Gasteiger partial charge < -0.3 is 5.73 Å². The molecule has 1 amide bonds. The predicted octanol–water partition coefficient (Wildman–Crippen LogP) is 0.921. The Morgan fingerprint density at radius 1 is 1.20 bits per heavy atom. The molecule has 0 saturated heterocycles. The highest BCUT2D eigenvalue weighted by Gasteiger charge is 2.53. The van der Waals surface area contributed by atoms with Crippen molar-refractivity contribution in [2.24, 2.45) is 5.84 Å². The fraction of sp³-hybridized carbons (Fsp3) is 0.200. The van der Waals surface area contributed by atoms with E-state index in [1.807, 2.05) is 30.3 Å². The number of hydrogen-bond acceptors (Lipinski definition) is 4. The number of nitrogens with two attached hydrogens (primary N) is 2. The number of carbonyl (C=O) groups excluding carboxylic acids is 1. The highest BCUT2D eigenvalue weighted by atomic mass is 16.2. The summed E-state index contributed by atoms with van der Waals surface area (Å²) in [5.74, 6) is 6.39. The first-order valence-corrected chi connectivity index (χ1v) is 6.54. The average molecular weight is 266 g/mol. The van der Waals surface area contributed by atoms with Crippen molar-refractivity contribution in [1.82, 2.24) is 4.98 Å². The van der Waals surface area contributed by atoms with Crippen molar-refractivity contribution in [3.63, 3.8) is 0 Å². The number of rotatable bonds is 0. The van der Waals surface area contributed by atoms with Crippen LogP contribution in [-0.2, 0) is 23.1 Å². The zero-order chi connectivity index (χ0) is 13.9. The number of hydrazine groups is 1. The third-order valence-electron chi connectivity index (χ3n) is 4.37. The Hall–Kier alpha value is -2.40. The largest absolute Gasteiger partial charge is 0.399 e. The minimum absolute atomic E-state index is 0.0824. The first-order chi connectivity index (χ1) is 9.62. The fourth-order valence-corrected chi connectivity index (χ4v) is 3.44. The monoisotopic (exact) mass is 266 g/mol. The third kappa shape index (κ3) is 1.25. The second-order valence-corrected chi connectivity index (χ2v) is 5.51. The number of amides is 1. The Kier molecular flexibility index (Phi) is 2.04. The lowest BCUT2D eigenvalue weighted by Gasteiger charge is -2.21. The highest BCUT2D eigenvalue weighted by molar-refractivity contribution is 6.07. The minimum atomic E-state index is -0.603.